The van der Waals surface area contributed by atoms with Crippen LogP contribution in [0.2, 0.25) is 0 Å². The van der Waals surface area contributed by atoms with Gasteiger partial charge in [0.1, 0.15) is 11.6 Å². The van der Waals surface area contributed by atoms with Crippen LogP contribution in [-0.4, -0.2) is 25.1 Å². The Labute approximate surface area is 168 Å². The molecule has 11 heteroatoms. The van der Waals surface area contributed by atoms with Crippen LogP contribution in [0, 0.1) is 11.6 Å². The maximum atomic E-state index is 14.0. The number of nitrogen functional groups attached to an aromatic ring is 1. The zero-order chi connectivity index (χ0) is 20.4. The topological polar surface area (TPSA) is 117 Å². The molecule has 0 fully saturated rings. The third-order valence-electron chi connectivity index (χ3n) is 4.03. The monoisotopic (exact) mass is 414 g/mol. The van der Waals surface area contributed by atoms with Crippen molar-refractivity contribution in [3.63, 3.8) is 0 Å². The Hall–Kier alpha value is -3.60. The number of nitrogens with two attached hydrogens (primary N) is 1. The van der Waals surface area contributed by atoms with E-state index in [-0.39, 0.29) is 23.4 Å². The predicted octanol–water partition coefficient (Wildman–Crippen LogP) is 4.10. The first-order valence-electron chi connectivity index (χ1n) is 8.57. The van der Waals surface area contributed by atoms with E-state index in [0.29, 0.717) is 5.82 Å². The van der Waals surface area contributed by atoms with Gasteiger partial charge in [0, 0.05) is 17.7 Å². The summed E-state index contributed by atoms with van der Waals surface area (Å²) >= 11 is 1.58. The van der Waals surface area contributed by atoms with Crippen molar-refractivity contribution >= 4 is 35.0 Å². The Morgan fingerprint density at radius 3 is 2.69 bits per heavy atom. The van der Waals surface area contributed by atoms with Crippen LogP contribution in [0.1, 0.15) is 18.5 Å². The van der Waals surface area contributed by atoms with E-state index in [9.17, 15) is 8.78 Å². The summed E-state index contributed by atoms with van der Waals surface area (Å²) in [5.74, 6) is -0.507. The Bertz CT molecular complexity index is 1130. The van der Waals surface area contributed by atoms with Crippen molar-refractivity contribution in [2.24, 2.45) is 0 Å². The highest BCUT2D eigenvalue weighted by atomic mass is 32.1. The third kappa shape index (κ3) is 4.29. The number of thiophene rings is 1. The lowest BCUT2D eigenvalue weighted by Gasteiger charge is -2.15. The van der Waals surface area contributed by atoms with Gasteiger partial charge in [-0.1, -0.05) is 12.1 Å². The Kier molecular flexibility index (Phi) is 5.04. The highest BCUT2D eigenvalue weighted by Gasteiger charge is 2.15. The fourth-order valence-corrected chi connectivity index (χ4v) is 3.39. The Morgan fingerprint density at radius 1 is 1.10 bits per heavy atom. The molecular formula is C18H16F2N8S. The summed E-state index contributed by atoms with van der Waals surface area (Å²) in [6, 6.07) is 8.59. The molecular weight excluding hydrogens is 398 g/mol. The van der Waals surface area contributed by atoms with Gasteiger partial charge in [-0.15, -0.1) is 11.3 Å². The third-order valence-corrected chi connectivity index (χ3v) is 4.93. The average molecular weight is 414 g/mol. The molecule has 148 valence electrons. The molecule has 29 heavy (non-hydrogen) atoms. The molecule has 1 atom stereocenters. The van der Waals surface area contributed by atoms with Crippen molar-refractivity contribution in [1.29, 1.82) is 0 Å². The van der Waals surface area contributed by atoms with E-state index in [4.69, 9.17) is 5.73 Å². The lowest BCUT2D eigenvalue weighted by Crippen LogP contribution is -2.14. The number of H-pyrrole nitrogens is 1. The molecule has 8 nitrogen and oxygen atoms in total. The van der Waals surface area contributed by atoms with Crippen LogP contribution in [0.3, 0.4) is 0 Å². The van der Waals surface area contributed by atoms with Crippen molar-refractivity contribution < 1.29 is 8.78 Å². The minimum Gasteiger partial charge on any atom is -0.368 e. The first-order valence-corrected chi connectivity index (χ1v) is 9.45. The van der Waals surface area contributed by atoms with Gasteiger partial charge in [0.15, 0.2) is 5.82 Å². The number of hydrogen-bond acceptors (Lipinski definition) is 8. The summed E-state index contributed by atoms with van der Waals surface area (Å²) < 4.78 is 27.1. The summed E-state index contributed by atoms with van der Waals surface area (Å²) in [5.41, 5.74) is 6.89. The first-order chi connectivity index (χ1) is 14.0. The van der Waals surface area contributed by atoms with Crippen LogP contribution in [0.15, 0.2) is 41.8 Å². The number of hydrogen-bond donors (Lipinski definition) is 4. The van der Waals surface area contributed by atoms with E-state index in [0.717, 1.165) is 16.6 Å². The highest BCUT2D eigenvalue weighted by molar-refractivity contribution is 7.13. The van der Waals surface area contributed by atoms with Gasteiger partial charge in [0.25, 0.3) is 0 Å². The molecule has 4 rings (SSSR count). The van der Waals surface area contributed by atoms with Crippen LogP contribution in [-0.2, 0) is 0 Å². The smallest absolute Gasteiger partial charge is 0.235 e. The second-order valence-corrected chi connectivity index (χ2v) is 7.09. The fourth-order valence-electron chi connectivity index (χ4n) is 2.70. The lowest BCUT2D eigenvalue weighted by atomic mass is 10.1. The van der Waals surface area contributed by atoms with Crippen molar-refractivity contribution in [2.45, 2.75) is 13.0 Å². The summed E-state index contributed by atoms with van der Waals surface area (Å²) in [5, 5.41) is 15.0. The van der Waals surface area contributed by atoms with Crippen molar-refractivity contribution in [1.82, 2.24) is 25.1 Å². The predicted molar refractivity (Wildman–Crippen MR) is 108 cm³/mol. The molecule has 1 aromatic carbocycles. The van der Waals surface area contributed by atoms with Crippen molar-refractivity contribution in [2.75, 3.05) is 16.4 Å². The van der Waals surface area contributed by atoms with E-state index in [1.165, 1.54) is 12.1 Å². The van der Waals surface area contributed by atoms with Crippen molar-refractivity contribution in [3.05, 3.63) is 59.0 Å². The molecule has 5 N–H and O–H groups in total. The molecule has 0 bridgehead atoms. The van der Waals surface area contributed by atoms with Crippen LogP contribution >= 0.6 is 11.3 Å². The van der Waals surface area contributed by atoms with Crippen LogP contribution in [0.25, 0.3) is 10.6 Å². The standard InChI is InChI=1S/C18H16F2N8S/c1-9(11-5-4-10(19)7-12(11)20)22-17-24-16(21)25-18(26-17)23-15-8-13(27-28-15)14-3-2-6-29-14/h2-9H,1H3,(H5,21,22,23,24,25,26,27,28). The van der Waals surface area contributed by atoms with Gasteiger partial charge >= 0.3 is 0 Å². The van der Waals surface area contributed by atoms with Gasteiger partial charge in [0.2, 0.25) is 17.8 Å². The molecule has 0 radical (unpaired) electrons. The van der Waals surface area contributed by atoms with Crippen LogP contribution in [0.5, 0.6) is 0 Å². The summed E-state index contributed by atoms with van der Waals surface area (Å²) in [6.07, 6.45) is 0. The zero-order valence-corrected chi connectivity index (χ0v) is 16.0. The Balaban J connectivity index is 1.51. The van der Waals surface area contributed by atoms with E-state index < -0.39 is 17.7 Å². The largest absolute Gasteiger partial charge is 0.368 e. The second kappa shape index (κ2) is 7.80. The number of aromatic amines is 1. The van der Waals surface area contributed by atoms with E-state index >= 15 is 0 Å². The first kappa shape index (κ1) is 18.7. The molecule has 0 aliphatic rings. The number of benzene rings is 1. The second-order valence-electron chi connectivity index (χ2n) is 6.14. The molecule has 1 unspecified atom stereocenters. The number of aromatic nitrogens is 5. The minimum absolute atomic E-state index is 0.0224. The molecule has 0 aliphatic carbocycles. The molecule has 0 saturated carbocycles. The molecule has 0 amide bonds. The lowest BCUT2D eigenvalue weighted by molar-refractivity contribution is 0.566. The minimum atomic E-state index is -0.664. The molecule has 0 spiro atoms. The maximum absolute atomic E-state index is 14.0. The fraction of sp³-hybridized carbons (Fsp3) is 0.111. The number of nitrogens with zero attached hydrogens (tertiary/aromatic N) is 4. The average Bonchev–Trinajstić information content (AvgIpc) is 3.32. The summed E-state index contributed by atoms with van der Waals surface area (Å²) in [6.45, 7) is 1.70. The maximum Gasteiger partial charge on any atom is 0.235 e. The van der Waals surface area contributed by atoms with E-state index in [1.54, 1.807) is 18.3 Å². The summed E-state index contributed by atoms with van der Waals surface area (Å²) in [4.78, 5) is 13.3. The van der Waals surface area contributed by atoms with Gasteiger partial charge in [-0.2, -0.15) is 20.1 Å². The number of rotatable bonds is 6. The summed E-state index contributed by atoms with van der Waals surface area (Å²) in [7, 11) is 0. The quantitative estimate of drug-likeness (QED) is 0.375. The van der Waals surface area contributed by atoms with Crippen molar-refractivity contribution in [3.8, 4) is 10.6 Å². The van der Waals surface area contributed by atoms with E-state index in [1.807, 2.05) is 23.6 Å². The number of anilines is 4. The zero-order valence-electron chi connectivity index (χ0n) is 15.1. The molecule has 3 heterocycles. The van der Waals surface area contributed by atoms with Gasteiger partial charge < -0.3 is 16.4 Å². The van der Waals surface area contributed by atoms with E-state index in [2.05, 4.69) is 35.8 Å². The van der Waals surface area contributed by atoms with Gasteiger partial charge in [-0.05, 0) is 24.4 Å². The Morgan fingerprint density at radius 2 is 1.93 bits per heavy atom. The number of halogens is 2. The highest BCUT2D eigenvalue weighted by Crippen LogP contribution is 2.26. The number of nitrogens with one attached hydrogen (secondary N) is 3. The molecule has 0 aliphatic heterocycles. The molecule has 4 aromatic rings. The molecule has 3 aromatic heterocycles. The van der Waals surface area contributed by atoms with Gasteiger partial charge in [0.05, 0.1) is 16.6 Å². The SMILES string of the molecule is CC(Nc1nc(N)nc(Nc2cc(-c3cccs3)[nH]n2)n1)c1ccc(F)cc1F. The normalized spacial score (nSPS) is 12.0. The van der Waals surface area contributed by atoms with Crippen LogP contribution < -0.4 is 16.4 Å². The van der Waals surface area contributed by atoms with Gasteiger partial charge in [-0.3, -0.25) is 5.10 Å². The molecule has 0 saturated heterocycles. The van der Waals surface area contributed by atoms with Gasteiger partial charge in [-0.25, -0.2) is 8.78 Å². The van der Waals surface area contributed by atoms with Crippen LogP contribution in [0.4, 0.5) is 32.4 Å².